The lowest BCUT2D eigenvalue weighted by atomic mass is 10.3. The van der Waals surface area contributed by atoms with E-state index in [1.807, 2.05) is 19.9 Å². The zero-order valence-electron chi connectivity index (χ0n) is 6.02. The number of allylic oxidation sites excluding steroid dienone is 4. The van der Waals surface area contributed by atoms with Crippen molar-refractivity contribution < 1.29 is 4.39 Å². The average molecular weight is 128 g/mol. The summed E-state index contributed by atoms with van der Waals surface area (Å²) in [4.78, 5) is 0. The summed E-state index contributed by atoms with van der Waals surface area (Å²) in [7, 11) is 0. The summed E-state index contributed by atoms with van der Waals surface area (Å²) in [6, 6.07) is 0. The van der Waals surface area contributed by atoms with Crippen LogP contribution in [0.5, 0.6) is 0 Å². The molecule has 0 aromatic rings. The van der Waals surface area contributed by atoms with E-state index in [2.05, 4.69) is 0 Å². The van der Waals surface area contributed by atoms with Crippen molar-refractivity contribution in [3.63, 3.8) is 0 Å². The minimum absolute atomic E-state index is 0.0319. The third kappa shape index (κ3) is 5.28. The van der Waals surface area contributed by atoms with Crippen LogP contribution in [0.25, 0.3) is 0 Å². The van der Waals surface area contributed by atoms with E-state index < -0.39 is 0 Å². The van der Waals surface area contributed by atoms with Gasteiger partial charge in [-0.15, -0.1) is 0 Å². The minimum atomic E-state index is -0.0319. The molecule has 9 heavy (non-hydrogen) atoms. The monoisotopic (exact) mass is 128 g/mol. The molecule has 0 rings (SSSR count). The Bertz CT molecular complexity index is 112. The van der Waals surface area contributed by atoms with E-state index in [1.54, 1.807) is 6.08 Å². The molecule has 0 aromatic heterocycles. The number of rotatable bonds is 3. The first kappa shape index (κ1) is 8.41. The van der Waals surface area contributed by atoms with Crippen molar-refractivity contribution in [2.24, 2.45) is 0 Å². The molecule has 0 N–H and O–H groups in total. The SMILES string of the molecule is CC=CC=C(F)CCC. The molecule has 0 aliphatic carbocycles. The highest BCUT2D eigenvalue weighted by molar-refractivity contribution is 5.05. The molecule has 0 atom stereocenters. The molecule has 0 aliphatic heterocycles. The van der Waals surface area contributed by atoms with Crippen LogP contribution in [0.15, 0.2) is 24.1 Å². The van der Waals surface area contributed by atoms with Gasteiger partial charge >= 0.3 is 0 Å². The molecule has 0 spiro atoms. The van der Waals surface area contributed by atoms with Gasteiger partial charge in [-0.1, -0.05) is 19.1 Å². The third-order valence-corrected chi connectivity index (χ3v) is 0.958. The first-order chi connectivity index (χ1) is 4.31. The van der Waals surface area contributed by atoms with Crippen LogP contribution in [0.2, 0.25) is 0 Å². The van der Waals surface area contributed by atoms with E-state index in [0.717, 1.165) is 6.42 Å². The second-order valence-electron chi connectivity index (χ2n) is 1.89. The lowest BCUT2D eigenvalue weighted by Gasteiger charge is -1.87. The molecule has 1 heteroatoms. The van der Waals surface area contributed by atoms with Gasteiger partial charge in [-0.05, 0) is 25.8 Å². The number of halogens is 1. The van der Waals surface area contributed by atoms with Crippen molar-refractivity contribution in [2.75, 3.05) is 0 Å². The molecular weight excluding hydrogens is 115 g/mol. The Labute approximate surface area is 56.1 Å². The van der Waals surface area contributed by atoms with E-state index in [9.17, 15) is 4.39 Å². The van der Waals surface area contributed by atoms with Crippen LogP contribution in [0.1, 0.15) is 26.7 Å². The Morgan fingerprint density at radius 1 is 1.56 bits per heavy atom. The van der Waals surface area contributed by atoms with Crippen molar-refractivity contribution in [3.8, 4) is 0 Å². The van der Waals surface area contributed by atoms with Crippen LogP contribution in [0.4, 0.5) is 4.39 Å². The molecule has 0 saturated heterocycles. The van der Waals surface area contributed by atoms with Crippen molar-refractivity contribution in [2.45, 2.75) is 26.7 Å². The lowest BCUT2D eigenvalue weighted by molar-refractivity contribution is 0.584. The van der Waals surface area contributed by atoms with E-state index in [4.69, 9.17) is 0 Å². The Morgan fingerprint density at radius 3 is 2.67 bits per heavy atom. The fraction of sp³-hybridized carbons (Fsp3) is 0.500. The zero-order valence-corrected chi connectivity index (χ0v) is 6.02. The Balaban J connectivity index is 3.55. The van der Waals surface area contributed by atoms with Gasteiger partial charge in [0.2, 0.25) is 0 Å². The van der Waals surface area contributed by atoms with Gasteiger partial charge in [0.25, 0.3) is 0 Å². The van der Waals surface area contributed by atoms with Gasteiger partial charge in [-0.2, -0.15) is 0 Å². The quantitative estimate of drug-likeness (QED) is 0.512. The van der Waals surface area contributed by atoms with Gasteiger partial charge in [0, 0.05) is 0 Å². The molecule has 52 valence electrons. The molecule has 0 saturated carbocycles. The molecule has 0 aliphatic rings. The summed E-state index contributed by atoms with van der Waals surface area (Å²) in [5.74, 6) is -0.0319. The zero-order chi connectivity index (χ0) is 7.11. The van der Waals surface area contributed by atoms with Crippen LogP contribution < -0.4 is 0 Å². The fourth-order valence-corrected chi connectivity index (χ4v) is 0.523. The maximum Gasteiger partial charge on any atom is 0.0999 e. The summed E-state index contributed by atoms with van der Waals surface area (Å²) >= 11 is 0. The molecule has 0 bridgehead atoms. The summed E-state index contributed by atoms with van der Waals surface area (Å²) in [5.41, 5.74) is 0. The van der Waals surface area contributed by atoms with E-state index in [0.29, 0.717) is 6.42 Å². The molecule has 0 radical (unpaired) electrons. The highest BCUT2D eigenvalue weighted by Gasteiger charge is 1.86. The van der Waals surface area contributed by atoms with E-state index in [-0.39, 0.29) is 5.83 Å². The van der Waals surface area contributed by atoms with Crippen LogP contribution in [-0.4, -0.2) is 0 Å². The fourth-order valence-electron chi connectivity index (χ4n) is 0.523. The largest absolute Gasteiger partial charge is 0.212 e. The summed E-state index contributed by atoms with van der Waals surface area (Å²) in [6.07, 6.45) is 6.47. The van der Waals surface area contributed by atoms with Gasteiger partial charge in [0.1, 0.15) is 0 Å². The molecule has 0 aromatic carbocycles. The lowest BCUT2D eigenvalue weighted by Crippen LogP contribution is -1.69. The van der Waals surface area contributed by atoms with Crippen molar-refractivity contribution in [1.29, 1.82) is 0 Å². The second-order valence-corrected chi connectivity index (χ2v) is 1.89. The van der Waals surface area contributed by atoms with Gasteiger partial charge < -0.3 is 0 Å². The maximum absolute atomic E-state index is 12.4. The van der Waals surface area contributed by atoms with Crippen LogP contribution >= 0.6 is 0 Å². The Kier molecular flexibility index (Phi) is 5.18. The predicted octanol–water partition coefficient (Wildman–Crippen LogP) is 3.22. The molecule has 0 amide bonds. The predicted molar refractivity (Wildman–Crippen MR) is 38.9 cm³/mol. The van der Waals surface area contributed by atoms with Crippen molar-refractivity contribution >= 4 is 0 Å². The van der Waals surface area contributed by atoms with Crippen LogP contribution in [0, 0.1) is 0 Å². The van der Waals surface area contributed by atoms with E-state index in [1.165, 1.54) is 6.08 Å². The molecule has 0 unspecified atom stereocenters. The smallest absolute Gasteiger partial charge is 0.0999 e. The molecular formula is C8H13F. The van der Waals surface area contributed by atoms with E-state index >= 15 is 0 Å². The average Bonchev–Trinajstić information content (AvgIpc) is 1.85. The Hall–Kier alpha value is -0.590. The Morgan fingerprint density at radius 2 is 2.22 bits per heavy atom. The van der Waals surface area contributed by atoms with Gasteiger partial charge in [-0.25, -0.2) is 4.39 Å². The van der Waals surface area contributed by atoms with Crippen LogP contribution in [-0.2, 0) is 0 Å². The van der Waals surface area contributed by atoms with Gasteiger partial charge in [0.05, 0.1) is 5.83 Å². The first-order valence-corrected chi connectivity index (χ1v) is 3.28. The topological polar surface area (TPSA) is 0 Å². The highest BCUT2D eigenvalue weighted by atomic mass is 19.1. The molecule has 0 nitrogen and oxygen atoms in total. The molecule has 0 fully saturated rings. The molecule has 0 heterocycles. The standard InChI is InChI=1S/C8H13F/c1-3-5-7-8(9)6-4-2/h3,5,7H,4,6H2,1-2H3. The van der Waals surface area contributed by atoms with Crippen molar-refractivity contribution in [3.05, 3.63) is 24.1 Å². The summed E-state index contributed by atoms with van der Waals surface area (Å²) in [6.45, 7) is 3.83. The van der Waals surface area contributed by atoms with Crippen LogP contribution in [0.3, 0.4) is 0 Å². The normalized spacial score (nSPS) is 13.0. The summed E-state index contributed by atoms with van der Waals surface area (Å²) in [5, 5.41) is 0. The first-order valence-electron chi connectivity index (χ1n) is 3.28. The third-order valence-electron chi connectivity index (χ3n) is 0.958. The van der Waals surface area contributed by atoms with Crippen molar-refractivity contribution in [1.82, 2.24) is 0 Å². The maximum atomic E-state index is 12.4. The second kappa shape index (κ2) is 5.54. The highest BCUT2D eigenvalue weighted by Crippen LogP contribution is 2.04. The number of hydrogen-bond donors (Lipinski definition) is 0. The summed E-state index contributed by atoms with van der Waals surface area (Å²) < 4.78 is 12.4. The number of hydrogen-bond acceptors (Lipinski definition) is 0. The van der Waals surface area contributed by atoms with Gasteiger partial charge in [-0.3, -0.25) is 0 Å². The van der Waals surface area contributed by atoms with Gasteiger partial charge in [0.15, 0.2) is 0 Å². The minimum Gasteiger partial charge on any atom is -0.212 e.